The average molecular weight is 285 g/mol. The molecule has 0 amide bonds. The fourth-order valence-corrected chi connectivity index (χ4v) is 3.48. The maximum Gasteiger partial charge on any atom is 0.227 e. The second-order valence-corrected chi connectivity index (χ2v) is 5.96. The van der Waals surface area contributed by atoms with Crippen LogP contribution in [0, 0.1) is 0 Å². The minimum Gasteiger partial charge on any atom is -0.469 e. The van der Waals surface area contributed by atoms with Crippen molar-refractivity contribution >= 4 is 0 Å². The van der Waals surface area contributed by atoms with Crippen LogP contribution >= 0.6 is 0 Å². The molecular formula is C16H19N3O2. The topological polar surface area (TPSA) is 51.4 Å². The lowest BCUT2D eigenvalue weighted by Crippen LogP contribution is -2.51. The zero-order chi connectivity index (χ0) is 14.3. The maximum atomic E-state index is 6.24. The minimum atomic E-state index is -0.0845. The highest BCUT2D eigenvalue weighted by Crippen LogP contribution is 2.40. The van der Waals surface area contributed by atoms with Gasteiger partial charge in [0.05, 0.1) is 11.8 Å². The van der Waals surface area contributed by atoms with Crippen molar-refractivity contribution < 1.29 is 9.15 Å². The minimum absolute atomic E-state index is 0.0845. The van der Waals surface area contributed by atoms with E-state index in [0.29, 0.717) is 5.89 Å². The summed E-state index contributed by atoms with van der Waals surface area (Å²) in [4.78, 5) is 11.1. The van der Waals surface area contributed by atoms with Crippen LogP contribution < -0.4 is 4.74 Å². The summed E-state index contributed by atoms with van der Waals surface area (Å²) in [5.74, 6) is 1.40. The Morgan fingerprint density at radius 2 is 2.33 bits per heavy atom. The monoisotopic (exact) mass is 285 g/mol. The van der Waals surface area contributed by atoms with Gasteiger partial charge in [-0.1, -0.05) is 6.92 Å². The van der Waals surface area contributed by atoms with Crippen molar-refractivity contribution in [2.75, 3.05) is 19.6 Å². The Kier molecular flexibility index (Phi) is 2.96. The molecule has 0 radical (unpaired) electrons. The van der Waals surface area contributed by atoms with E-state index in [1.165, 1.54) is 18.5 Å². The number of rotatable bonds is 2. The number of ether oxygens (including phenoxy) is 1. The molecule has 0 N–H and O–H groups in total. The SMILES string of the molecule is CCN1CCC[C@]2(Cc3cc(-c4ncco4)cnc3O2)C1. The molecule has 1 atom stereocenters. The van der Waals surface area contributed by atoms with E-state index in [1.54, 1.807) is 18.7 Å². The summed E-state index contributed by atoms with van der Waals surface area (Å²) in [5.41, 5.74) is 2.00. The van der Waals surface area contributed by atoms with Gasteiger partial charge in [0.1, 0.15) is 11.9 Å². The molecule has 0 bridgehead atoms. The third-order valence-electron chi connectivity index (χ3n) is 4.50. The van der Waals surface area contributed by atoms with Gasteiger partial charge in [-0.05, 0) is 32.0 Å². The number of oxazole rings is 1. The molecule has 0 aliphatic carbocycles. The molecule has 5 heteroatoms. The van der Waals surface area contributed by atoms with Crippen molar-refractivity contribution in [3.05, 3.63) is 30.3 Å². The van der Waals surface area contributed by atoms with E-state index in [4.69, 9.17) is 9.15 Å². The van der Waals surface area contributed by atoms with E-state index in [0.717, 1.165) is 37.4 Å². The lowest BCUT2D eigenvalue weighted by atomic mass is 9.88. The van der Waals surface area contributed by atoms with Gasteiger partial charge in [-0.3, -0.25) is 4.90 Å². The Balaban J connectivity index is 1.62. The van der Waals surface area contributed by atoms with Gasteiger partial charge in [-0.15, -0.1) is 0 Å². The van der Waals surface area contributed by atoms with Crippen molar-refractivity contribution in [2.45, 2.75) is 31.8 Å². The van der Waals surface area contributed by atoms with E-state index >= 15 is 0 Å². The number of piperidine rings is 1. The Morgan fingerprint density at radius 1 is 1.38 bits per heavy atom. The highest BCUT2D eigenvalue weighted by molar-refractivity contribution is 5.55. The Bertz CT molecular complexity index is 641. The lowest BCUT2D eigenvalue weighted by Gasteiger charge is -2.38. The van der Waals surface area contributed by atoms with Gasteiger partial charge < -0.3 is 9.15 Å². The van der Waals surface area contributed by atoms with E-state index in [2.05, 4.69) is 27.9 Å². The summed E-state index contributed by atoms with van der Waals surface area (Å²) < 4.78 is 11.6. The molecule has 2 aromatic rings. The van der Waals surface area contributed by atoms with Crippen LogP contribution in [0.25, 0.3) is 11.5 Å². The molecule has 110 valence electrons. The Labute approximate surface area is 124 Å². The number of hydrogen-bond acceptors (Lipinski definition) is 5. The largest absolute Gasteiger partial charge is 0.469 e. The van der Waals surface area contributed by atoms with Crippen molar-refractivity contribution in [2.24, 2.45) is 0 Å². The molecule has 21 heavy (non-hydrogen) atoms. The number of fused-ring (bicyclic) bond motifs is 1. The van der Waals surface area contributed by atoms with Crippen LogP contribution in [0.15, 0.2) is 29.1 Å². The first-order valence-electron chi connectivity index (χ1n) is 7.58. The smallest absolute Gasteiger partial charge is 0.227 e. The van der Waals surface area contributed by atoms with E-state index < -0.39 is 0 Å². The van der Waals surface area contributed by atoms with Crippen LogP contribution in [0.2, 0.25) is 0 Å². The van der Waals surface area contributed by atoms with Crippen LogP contribution in [-0.2, 0) is 6.42 Å². The number of nitrogens with zero attached hydrogens (tertiary/aromatic N) is 3. The predicted molar refractivity (Wildman–Crippen MR) is 78.1 cm³/mol. The van der Waals surface area contributed by atoms with Crippen LogP contribution in [0.1, 0.15) is 25.3 Å². The molecule has 5 nitrogen and oxygen atoms in total. The first-order valence-corrected chi connectivity index (χ1v) is 7.58. The van der Waals surface area contributed by atoms with Crippen LogP contribution in [-0.4, -0.2) is 40.1 Å². The first-order chi connectivity index (χ1) is 10.3. The molecule has 2 aliphatic rings. The molecule has 1 saturated heterocycles. The third-order valence-corrected chi connectivity index (χ3v) is 4.50. The average Bonchev–Trinajstić information content (AvgIpc) is 3.13. The van der Waals surface area contributed by atoms with Crippen LogP contribution in [0.5, 0.6) is 5.88 Å². The maximum absolute atomic E-state index is 6.24. The second-order valence-electron chi connectivity index (χ2n) is 5.96. The summed E-state index contributed by atoms with van der Waals surface area (Å²) in [6.07, 6.45) is 8.24. The molecule has 1 spiro atoms. The van der Waals surface area contributed by atoms with Crippen molar-refractivity contribution in [1.29, 1.82) is 0 Å². The molecule has 1 fully saturated rings. The highest BCUT2D eigenvalue weighted by Gasteiger charge is 2.43. The second kappa shape index (κ2) is 4.84. The molecule has 2 aromatic heterocycles. The Morgan fingerprint density at radius 3 is 3.14 bits per heavy atom. The van der Waals surface area contributed by atoms with Gasteiger partial charge in [0, 0.05) is 24.7 Å². The molecule has 4 rings (SSSR count). The van der Waals surface area contributed by atoms with Gasteiger partial charge in [0.2, 0.25) is 11.8 Å². The van der Waals surface area contributed by atoms with Crippen molar-refractivity contribution in [3.63, 3.8) is 0 Å². The summed E-state index contributed by atoms with van der Waals surface area (Å²) in [6, 6.07) is 2.10. The van der Waals surface area contributed by atoms with Crippen LogP contribution in [0.4, 0.5) is 0 Å². The number of pyridine rings is 1. The Hall–Kier alpha value is -1.88. The number of hydrogen-bond donors (Lipinski definition) is 0. The molecule has 0 aromatic carbocycles. The molecule has 0 saturated carbocycles. The summed E-state index contributed by atoms with van der Waals surface area (Å²) >= 11 is 0. The quantitative estimate of drug-likeness (QED) is 0.848. The lowest BCUT2D eigenvalue weighted by molar-refractivity contribution is 0.00781. The summed E-state index contributed by atoms with van der Waals surface area (Å²) in [6.45, 7) is 5.46. The number of likely N-dealkylation sites (tertiary alicyclic amines) is 1. The summed E-state index contributed by atoms with van der Waals surface area (Å²) in [7, 11) is 0. The van der Waals surface area contributed by atoms with Crippen molar-refractivity contribution in [3.8, 4) is 17.3 Å². The van der Waals surface area contributed by atoms with E-state index in [1.807, 2.05) is 0 Å². The number of aromatic nitrogens is 2. The van der Waals surface area contributed by atoms with Gasteiger partial charge >= 0.3 is 0 Å². The third kappa shape index (κ3) is 2.21. The zero-order valence-corrected chi connectivity index (χ0v) is 12.2. The zero-order valence-electron chi connectivity index (χ0n) is 12.2. The van der Waals surface area contributed by atoms with Gasteiger partial charge in [-0.25, -0.2) is 9.97 Å². The van der Waals surface area contributed by atoms with E-state index in [-0.39, 0.29) is 5.60 Å². The molecule has 2 aliphatic heterocycles. The standard InChI is InChI=1S/C16H19N3O2/c1-2-19-6-3-4-16(11-19)9-12-8-13(10-18-15(12)21-16)14-17-5-7-20-14/h5,7-8,10H,2-4,6,9,11H2,1H3/t16-/m0/s1. The predicted octanol–water partition coefficient (Wildman–Crippen LogP) is 2.53. The highest BCUT2D eigenvalue weighted by atomic mass is 16.5. The fourth-order valence-electron chi connectivity index (χ4n) is 3.48. The van der Waals surface area contributed by atoms with E-state index in [9.17, 15) is 0 Å². The fraction of sp³-hybridized carbons (Fsp3) is 0.500. The summed E-state index contributed by atoms with van der Waals surface area (Å²) in [5, 5.41) is 0. The van der Waals surface area contributed by atoms with Crippen LogP contribution in [0.3, 0.4) is 0 Å². The molecular weight excluding hydrogens is 266 g/mol. The van der Waals surface area contributed by atoms with Gasteiger partial charge in [0.25, 0.3) is 0 Å². The van der Waals surface area contributed by atoms with Gasteiger partial charge in [-0.2, -0.15) is 0 Å². The van der Waals surface area contributed by atoms with Gasteiger partial charge in [0.15, 0.2) is 0 Å². The molecule has 4 heterocycles. The number of likely N-dealkylation sites (N-methyl/N-ethyl adjacent to an activating group) is 1. The first kappa shape index (κ1) is 12.8. The normalized spacial score (nSPS) is 25.0. The molecule has 0 unspecified atom stereocenters. The van der Waals surface area contributed by atoms with Crippen molar-refractivity contribution in [1.82, 2.24) is 14.9 Å².